The Morgan fingerprint density at radius 2 is 1.71 bits per heavy atom. The molecule has 0 spiro atoms. The third-order valence-electron chi connectivity index (χ3n) is 3.68. The first-order valence-electron chi connectivity index (χ1n) is 6.79. The molecule has 100 valence electrons. The molecule has 4 rings (SSSR count). The molecule has 0 saturated carbocycles. The third-order valence-corrected chi connectivity index (χ3v) is 3.68. The van der Waals surface area contributed by atoms with Crippen LogP contribution in [-0.4, -0.2) is 9.97 Å². The van der Waals surface area contributed by atoms with Gasteiger partial charge in [0.2, 0.25) is 5.56 Å². The van der Waals surface area contributed by atoms with Crippen LogP contribution in [-0.2, 0) is 0 Å². The van der Waals surface area contributed by atoms with Crippen LogP contribution in [0.1, 0.15) is 0 Å². The van der Waals surface area contributed by atoms with Crippen molar-refractivity contribution in [2.45, 2.75) is 0 Å². The van der Waals surface area contributed by atoms with Gasteiger partial charge >= 0.3 is 0 Å². The summed E-state index contributed by atoms with van der Waals surface area (Å²) in [5, 5.41) is 3.14. The smallest absolute Gasteiger partial charge is 0.248 e. The van der Waals surface area contributed by atoms with Gasteiger partial charge in [-0.05, 0) is 29.7 Å². The lowest BCUT2D eigenvalue weighted by Crippen LogP contribution is -2.03. The van der Waals surface area contributed by atoms with Crippen LogP contribution in [0.4, 0.5) is 0 Å². The van der Waals surface area contributed by atoms with Crippen LogP contribution >= 0.6 is 0 Å². The van der Waals surface area contributed by atoms with E-state index in [1.54, 1.807) is 12.3 Å². The van der Waals surface area contributed by atoms with E-state index in [4.69, 9.17) is 0 Å². The number of hydrogen-bond donors (Lipinski definition) is 1. The molecule has 0 aliphatic heterocycles. The molecule has 2 heterocycles. The van der Waals surface area contributed by atoms with Gasteiger partial charge in [-0.1, -0.05) is 30.3 Å². The third kappa shape index (κ3) is 1.91. The number of aromatic nitrogens is 2. The number of benzene rings is 2. The van der Waals surface area contributed by atoms with E-state index in [1.165, 1.54) is 0 Å². The minimum atomic E-state index is -0.0918. The Kier molecular flexibility index (Phi) is 2.57. The van der Waals surface area contributed by atoms with Gasteiger partial charge in [-0.2, -0.15) is 0 Å². The number of fused-ring (bicyclic) bond motifs is 3. The fraction of sp³-hybridized carbons (Fsp3) is 0. The van der Waals surface area contributed by atoms with Gasteiger partial charge in [0.1, 0.15) is 0 Å². The normalized spacial score (nSPS) is 11.0. The summed E-state index contributed by atoms with van der Waals surface area (Å²) in [4.78, 5) is 19.1. The zero-order valence-corrected chi connectivity index (χ0v) is 11.2. The highest BCUT2D eigenvalue weighted by atomic mass is 16.1. The summed E-state index contributed by atoms with van der Waals surface area (Å²) in [6, 6.07) is 19.4. The van der Waals surface area contributed by atoms with E-state index in [9.17, 15) is 4.79 Å². The molecule has 0 bridgehead atoms. The summed E-state index contributed by atoms with van der Waals surface area (Å²) in [6.45, 7) is 0. The molecule has 0 unspecified atom stereocenters. The predicted octanol–water partition coefficient (Wildman–Crippen LogP) is 3.74. The first kappa shape index (κ1) is 11.9. The van der Waals surface area contributed by atoms with Crippen molar-refractivity contribution in [3.8, 4) is 11.3 Å². The van der Waals surface area contributed by atoms with Crippen molar-refractivity contribution in [2.75, 3.05) is 0 Å². The fourth-order valence-electron chi connectivity index (χ4n) is 2.73. The molecule has 3 heteroatoms. The lowest BCUT2D eigenvalue weighted by Gasteiger charge is -2.09. The number of pyridine rings is 2. The SMILES string of the molecule is O=c1ccc2c(-c3ccccn3)cc3ccccc3c2[nH]1. The van der Waals surface area contributed by atoms with Crippen molar-refractivity contribution < 1.29 is 0 Å². The van der Waals surface area contributed by atoms with Crippen LogP contribution in [0.25, 0.3) is 32.9 Å². The maximum absolute atomic E-state index is 11.7. The van der Waals surface area contributed by atoms with E-state index in [-0.39, 0.29) is 5.56 Å². The van der Waals surface area contributed by atoms with Crippen molar-refractivity contribution >= 4 is 21.7 Å². The van der Waals surface area contributed by atoms with Crippen LogP contribution in [0, 0.1) is 0 Å². The molecule has 0 aliphatic carbocycles. The molecule has 4 aromatic rings. The number of nitrogens with zero attached hydrogens (tertiary/aromatic N) is 1. The lowest BCUT2D eigenvalue weighted by atomic mass is 9.98. The Bertz CT molecular complexity index is 1000. The van der Waals surface area contributed by atoms with E-state index in [1.807, 2.05) is 48.5 Å². The molecular formula is C18H12N2O. The summed E-state index contributed by atoms with van der Waals surface area (Å²) < 4.78 is 0. The van der Waals surface area contributed by atoms with Crippen LogP contribution in [0.5, 0.6) is 0 Å². The lowest BCUT2D eigenvalue weighted by molar-refractivity contribution is 1.31. The molecule has 2 aromatic carbocycles. The quantitative estimate of drug-likeness (QED) is 0.536. The number of hydrogen-bond acceptors (Lipinski definition) is 2. The van der Waals surface area contributed by atoms with Crippen LogP contribution in [0.3, 0.4) is 0 Å². The molecule has 0 atom stereocenters. The molecule has 3 nitrogen and oxygen atoms in total. The fourth-order valence-corrected chi connectivity index (χ4v) is 2.73. The molecule has 2 aromatic heterocycles. The maximum Gasteiger partial charge on any atom is 0.248 e. The summed E-state index contributed by atoms with van der Waals surface area (Å²) >= 11 is 0. The van der Waals surface area contributed by atoms with Crippen LogP contribution in [0.2, 0.25) is 0 Å². The average Bonchev–Trinajstić information content (AvgIpc) is 2.55. The number of nitrogens with one attached hydrogen (secondary N) is 1. The first-order valence-corrected chi connectivity index (χ1v) is 6.79. The standard InChI is InChI=1S/C18H12N2O/c21-17-9-8-14-15(16-7-3-4-10-19-16)11-12-5-1-2-6-13(12)18(14)20-17/h1-11H,(H,20,21). The number of H-pyrrole nitrogens is 1. The Morgan fingerprint density at radius 3 is 2.57 bits per heavy atom. The molecule has 0 fully saturated rings. The topological polar surface area (TPSA) is 45.8 Å². The van der Waals surface area contributed by atoms with Gasteiger partial charge < -0.3 is 4.98 Å². The molecule has 0 aliphatic rings. The molecule has 0 saturated heterocycles. The van der Waals surface area contributed by atoms with Gasteiger partial charge in [0, 0.05) is 28.6 Å². The second kappa shape index (κ2) is 4.56. The number of rotatable bonds is 1. The van der Waals surface area contributed by atoms with Crippen molar-refractivity contribution in [1.82, 2.24) is 9.97 Å². The van der Waals surface area contributed by atoms with Crippen LogP contribution < -0.4 is 5.56 Å². The highest BCUT2D eigenvalue weighted by Gasteiger charge is 2.09. The Balaban J connectivity index is 2.22. The van der Waals surface area contributed by atoms with Crippen LogP contribution in [0.15, 0.2) is 71.7 Å². The molecule has 0 amide bonds. The predicted molar refractivity (Wildman–Crippen MR) is 85.3 cm³/mol. The Morgan fingerprint density at radius 1 is 0.857 bits per heavy atom. The highest BCUT2D eigenvalue weighted by molar-refractivity contribution is 6.11. The molecule has 21 heavy (non-hydrogen) atoms. The van der Waals surface area contributed by atoms with Crippen molar-refractivity contribution in [2.24, 2.45) is 0 Å². The monoisotopic (exact) mass is 272 g/mol. The van der Waals surface area contributed by atoms with Gasteiger partial charge in [0.15, 0.2) is 0 Å². The molecular weight excluding hydrogens is 260 g/mol. The Labute approximate surface area is 120 Å². The van der Waals surface area contributed by atoms with Crippen molar-refractivity contribution in [3.63, 3.8) is 0 Å². The first-order chi connectivity index (χ1) is 10.3. The minimum Gasteiger partial charge on any atom is -0.321 e. The largest absolute Gasteiger partial charge is 0.321 e. The van der Waals surface area contributed by atoms with Gasteiger partial charge in [0.25, 0.3) is 0 Å². The second-order valence-electron chi connectivity index (χ2n) is 4.97. The van der Waals surface area contributed by atoms with Gasteiger partial charge in [-0.15, -0.1) is 0 Å². The van der Waals surface area contributed by atoms with E-state index < -0.39 is 0 Å². The van der Waals surface area contributed by atoms with E-state index in [0.717, 1.165) is 32.9 Å². The zero-order chi connectivity index (χ0) is 14.2. The summed E-state index contributed by atoms with van der Waals surface area (Å²) in [5.41, 5.74) is 2.70. The van der Waals surface area contributed by atoms with E-state index in [2.05, 4.69) is 16.0 Å². The van der Waals surface area contributed by atoms with Gasteiger partial charge in [0.05, 0.1) is 11.2 Å². The zero-order valence-electron chi connectivity index (χ0n) is 11.2. The van der Waals surface area contributed by atoms with Crippen molar-refractivity contribution in [1.29, 1.82) is 0 Å². The minimum absolute atomic E-state index is 0.0918. The summed E-state index contributed by atoms with van der Waals surface area (Å²) in [6.07, 6.45) is 1.78. The summed E-state index contributed by atoms with van der Waals surface area (Å²) in [5.74, 6) is 0. The van der Waals surface area contributed by atoms with E-state index in [0.29, 0.717) is 0 Å². The maximum atomic E-state index is 11.7. The van der Waals surface area contributed by atoms with Gasteiger partial charge in [-0.25, -0.2) is 0 Å². The molecule has 1 N–H and O–H groups in total. The summed E-state index contributed by atoms with van der Waals surface area (Å²) in [7, 11) is 0. The molecule has 0 radical (unpaired) electrons. The Hall–Kier alpha value is -2.94. The second-order valence-corrected chi connectivity index (χ2v) is 4.97. The average molecular weight is 272 g/mol. The number of aromatic amines is 1. The van der Waals surface area contributed by atoms with E-state index >= 15 is 0 Å². The van der Waals surface area contributed by atoms with Crippen molar-refractivity contribution in [3.05, 3.63) is 77.2 Å². The highest BCUT2D eigenvalue weighted by Crippen LogP contribution is 2.32. The van der Waals surface area contributed by atoms with Gasteiger partial charge in [-0.3, -0.25) is 9.78 Å².